The second-order valence-corrected chi connectivity index (χ2v) is 4.22. The Morgan fingerprint density at radius 3 is 2.44 bits per heavy atom. The van der Waals surface area contributed by atoms with Gasteiger partial charge in [0.25, 0.3) is 0 Å². The van der Waals surface area contributed by atoms with Crippen molar-refractivity contribution in [2.24, 2.45) is 0 Å². The van der Waals surface area contributed by atoms with Crippen molar-refractivity contribution in [3.05, 3.63) is 35.6 Å². The van der Waals surface area contributed by atoms with Crippen LogP contribution in [-0.2, 0) is 0 Å². The van der Waals surface area contributed by atoms with E-state index in [0.29, 0.717) is 0 Å². The minimum absolute atomic E-state index is 0.204. The van der Waals surface area contributed by atoms with Crippen LogP contribution in [0.4, 0.5) is 4.39 Å². The normalized spacial score (nSPS) is 14.8. The summed E-state index contributed by atoms with van der Waals surface area (Å²) < 4.78 is 12.7. The second-order valence-electron chi connectivity index (χ2n) is 4.22. The van der Waals surface area contributed by atoms with E-state index in [1.54, 1.807) is 19.1 Å². The summed E-state index contributed by atoms with van der Waals surface area (Å²) in [6.07, 6.45) is 1.52. The first-order chi connectivity index (χ1) is 7.59. The first-order valence-electron chi connectivity index (χ1n) is 5.76. The molecule has 16 heavy (non-hydrogen) atoms. The van der Waals surface area contributed by atoms with Gasteiger partial charge >= 0.3 is 0 Å². The topological polar surface area (TPSA) is 32.3 Å². The van der Waals surface area contributed by atoms with Gasteiger partial charge in [-0.05, 0) is 50.9 Å². The van der Waals surface area contributed by atoms with Crippen LogP contribution in [0.15, 0.2) is 24.3 Å². The Morgan fingerprint density at radius 1 is 1.25 bits per heavy atom. The smallest absolute Gasteiger partial charge is 0.123 e. The zero-order chi connectivity index (χ0) is 12.0. The van der Waals surface area contributed by atoms with Crippen LogP contribution < -0.4 is 5.32 Å². The van der Waals surface area contributed by atoms with Crippen molar-refractivity contribution in [3.8, 4) is 0 Å². The van der Waals surface area contributed by atoms with Gasteiger partial charge in [0.15, 0.2) is 0 Å². The molecular weight excluding hydrogens is 205 g/mol. The zero-order valence-corrected chi connectivity index (χ0v) is 9.91. The number of rotatable bonds is 6. The summed E-state index contributed by atoms with van der Waals surface area (Å²) in [5, 5.41) is 12.4. The lowest BCUT2D eigenvalue weighted by molar-refractivity contribution is 0.181. The molecule has 0 heterocycles. The van der Waals surface area contributed by atoms with Crippen molar-refractivity contribution in [3.63, 3.8) is 0 Å². The van der Waals surface area contributed by atoms with E-state index < -0.39 is 0 Å². The molecule has 1 rings (SSSR count). The van der Waals surface area contributed by atoms with Gasteiger partial charge in [-0.25, -0.2) is 4.39 Å². The Labute approximate surface area is 96.5 Å². The molecule has 0 aliphatic carbocycles. The summed E-state index contributed by atoms with van der Waals surface area (Å²) >= 11 is 0. The van der Waals surface area contributed by atoms with Crippen molar-refractivity contribution in [2.45, 2.75) is 38.8 Å². The van der Waals surface area contributed by atoms with Crippen LogP contribution in [0.1, 0.15) is 38.3 Å². The Balaban J connectivity index is 2.29. The number of nitrogens with one attached hydrogen (secondary N) is 1. The molecule has 0 saturated carbocycles. The van der Waals surface area contributed by atoms with Crippen LogP contribution in [0.2, 0.25) is 0 Å². The maximum absolute atomic E-state index is 12.7. The van der Waals surface area contributed by atoms with Gasteiger partial charge in [-0.2, -0.15) is 0 Å². The van der Waals surface area contributed by atoms with Crippen molar-refractivity contribution in [1.29, 1.82) is 0 Å². The van der Waals surface area contributed by atoms with Gasteiger partial charge < -0.3 is 10.4 Å². The maximum Gasteiger partial charge on any atom is 0.123 e. The van der Waals surface area contributed by atoms with Gasteiger partial charge in [-0.1, -0.05) is 12.1 Å². The third kappa shape index (κ3) is 4.73. The number of benzene rings is 1. The van der Waals surface area contributed by atoms with E-state index in [9.17, 15) is 4.39 Å². The van der Waals surface area contributed by atoms with Crippen LogP contribution in [0.25, 0.3) is 0 Å². The van der Waals surface area contributed by atoms with Gasteiger partial charge in [0, 0.05) is 6.04 Å². The molecule has 0 spiro atoms. The molecule has 0 aromatic heterocycles. The standard InChI is InChI=1S/C13H20FNO/c1-10(16)4-3-9-15-11(2)12-5-7-13(14)8-6-12/h5-8,10-11,15-16H,3-4,9H2,1-2H3. The molecule has 1 aromatic rings. The highest BCUT2D eigenvalue weighted by atomic mass is 19.1. The maximum atomic E-state index is 12.7. The molecule has 2 nitrogen and oxygen atoms in total. The molecule has 0 aliphatic rings. The third-order valence-electron chi connectivity index (χ3n) is 2.62. The molecule has 0 amide bonds. The van der Waals surface area contributed by atoms with E-state index in [1.807, 2.05) is 0 Å². The molecule has 0 fully saturated rings. The Morgan fingerprint density at radius 2 is 1.88 bits per heavy atom. The van der Waals surface area contributed by atoms with Crippen LogP contribution in [0.5, 0.6) is 0 Å². The lowest BCUT2D eigenvalue weighted by atomic mass is 10.1. The first kappa shape index (κ1) is 13.1. The first-order valence-corrected chi connectivity index (χ1v) is 5.76. The van der Waals surface area contributed by atoms with Gasteiger partial charge in [-0.15, -0.1) is 0 Å². The van der Waals surface area contributed by atoms with E-state index >= 15 is 0 Å². The number of hydrogen-bond donors (Lipinski definition) is 2. The van der Waals surface area contributed by atoms with Crippen molar-refractivity contribution in [2.75, 3.05) is 6.54 Å². The lowest BCUT2D eigenvalue weighted by Gasteiger charge is -2.14. The summed E-state index contributed by atoms with van der Waals surface area (Å²) in [4.78, 5) is 0. The predicted molar refractivity (Wildman–Crippen MR) is 63.7 cm³/mol. The monoisotopic (exact) mass is 225 g/mol. The summed E-state index contributed by atoms with van der Waals surface area (Å²) in [5.74, 6) is -0.204. The van der Waals surface area contributed by atoms with E-state index in [1.165, 1.54) is 12.1 Å². The average molecular weight is 225 g/mol. The molecule has 0 saturated heterocycles. The quantitative estimate of drug-likeness (QED) is 0.729. The van der Waals surface area contributed by atoms with E-state index in [0.717, 1.165) is 24.9 Å². The lowest BCUT2D eigenvalue weighted by Crippen LogP contribution is -2.20. The van der Waals surface area contributed by atoms with Gasteiger partial charge in [0.1, 0.15) is 5.82 Å². The number of hydrogen-bond acceptors (Lipinski definition) is 2. The highest BCUT2D eigenvalue weighted by Gasteiger charge is 2.04. The number of aliphatic hydroxyl groups is 1. The molecule has 90 valence electrons. The highest BCUT2D eigenvalue weighted by Crippen LogP contribution is 2.12. The molecule has 3 heteroatoms. The van der Waals surface area contributed by atoms with E-state index in [2.05, 4.69) is 12.2 Å². The molecule has 0 aliphatic heterocycles. The second kappa shape index (κ2) is 6.61. The minimum Gasteiger partial charge on any atom is -0.393 e. The van der Waals surface area contributed by atoms with Crippen LogP contribution in [0.3, 0.4) is 0 Å². The van der Waals surface area contributed by atoms with E-state index in [4.69, 9.17) is 5.11 Å². The Hall–Kier alpha value is -0.930. The van der Waals surface area contributed by atoms with Crippen molar-refractivity contribution in [1.82, 2.24) is 5.32 Å². The Bertz CT molecular complexity index is 297. The summed E-state index contributed by atoms with van der Waals surface area (Å²) in [5.41, 5.74) is 1.08. The summed E-state index contributed by atoms with van der Waals surface area (Å²) in [6, 6.07) is 6.75. The minimum atomic E-state index is -0.233. The molecule has 2 N–H and O–H groups in total. The van der Waals surface area contributed by atoms with Crippen LogP contribution in [0, 0.1) is 5.82 Å². The van der Waals surface area contributed by atoms with E-state index in [-0.39, 0.29) is 18.0 Å². The largest absolute Gasteiger partial charge is 0.393 e. The number of halogens is 1. The van der Waals surface area contributed by atoms with Crippen LogP contribution in [-0.4, -0.2) is 17.8 Å². The predicted octanol–water partition coefficient (Wildman–Crippen LogP) is 2.64. The SMILES string of the molecule is CC(O)CCCNC(C)c1ccc(F)cc1. The summed E-state index contributed by atoms with van der Waals surface area (Å²) in [7, 11) is 0. The van der Waals surface area contributed by atoms with Crippen molar-refractivity contribution >= 4 is 0 Å². The highest BCUT2D eigenvalue weighted by molar-refractivity contribution is 5.19. The van der Waals surface area contributed by atoms with Gasteiger partial charge in [-0.3, -0.25) is 0 Å². The fourth-order valence-electron chi connectivity index (χ4n) is 1.59. The average Bonchev–Trinajstić information content (AvgIpc) is 2.25. The summed E-state index contributed by atoms with van der Waals surface area (Å²) in [6.45, 7) is 4.71. The molecule has 1 aromatic carbocycles. The van der Waals surface area contributed by atoms with Crippen LogP contribution >= 0.6 is 0 Å². The zero-order valence-electron chi connectivity index (χ0n) is 9.91. The third-order valence-corrected chi connectivity index (χ3v) is 2.62. The molecule has 0 bridgehead atoms. The molecule has 0 radical (unpaired) electrons. The molecule has 2 atom stereocenters. The molecular formula is C13H20FNO. The van der Waals surface area contributed by atoms with Gasteiger partial charge in [0.2, 0.25) is 0 Å². The Kier molecular flexibility index (Phi) is 5.43. The van der Waals surface area contributed by atoms with Crippen molar-refractivity contribution < 1.29 is 9.50 Å². The number of aliphatic hydroxyl groups excluding tert-OH is 1. The van der Waals surface area contributed by atoms with Gasteiger partial charge in [0.05, 0.1) is 6.10 Å². The fraction of sp³-hybridized carbons (Fsp3) is 0.538. The molecule has 2 unspecified atom stereocenters. The fourth-order valence-corrected chi connectivity index (χ4v) is 1.59.